The van der Waals surface area contributed by atoms with Crippen LogP contribution < -0.4 is 5.32 Å². The molecule has 0 spiro atoms. The number of aryl methyl sites for hydroxylation is 1. The average molecular weight is 513 g/mol. The molecule has 0 unspecified atom stereocenters. The summed E-state index contributed by atoms with van der Waals surface area (Å²) < 4.78 is 15.5. The van der Waals surface area contributed by atoms with Crippen molar-refractivity contribution >= 4 is 36.0 Å². The second-order valence-electron chi connectivity index (χ2n) is 7.42. The number of anilines is 1. The van der Waals surface area contributed by atoms with E-state index >= 15 is 0 Å². The topological polar surface area (TPSA) is 104 Å². The molecule has 7 nitrogen and oxygen atoms in total. The fourth-order valence-electron chi connectivity index (χ4n) is 3.58. The molecule has 0 aliphatic heterocycles. The number of pyridine rings is 2. The Hall–Kier alpha value is -4.25. The molecule has 5 aromatic rings. The van der Waals surface area contributed by atoms with Crippen molar-refractivity contribution in [3.8, 4) is 27.3 Å². The van der Waals surface area contributed by atoms with Gasteiger partial charge in [0, 0.05) is 0 Å². The summed E-state index contributed by atoms with van der Waals surface area (Å²) in [5, 5.41) is 20.8. The number of hydrogen-bond donors (Lipinski definition) is 1. The molecule has 34 heavy (non-hydrogen) atoms. The van der Waals surface area contributed by atoms with Crippen molar-refractivity contribution in [2.24, 2.45) is 0 Å². The molecule has 3 heterocycles. The number of nitriles is 1. The molecular formula is C25H15FN6OSe. The van der Waals surface area contributed by atoms with Crippen molar-refractivity contribution < 1.29 is 9.18 Å². The van der Waals surface area contributed by atoms with Gasteiger partial charge in [0.1, 0.15) is 0 Å². The molecule has 0 aliphatic rings. The van der Waals surface area contributed by atoms with Crippen LogP contribution in [0, 0.1) is 24.1 Å². The normalized spacial score (nSPS) is 10.7. The van der Waals surface area contributed by atoms with Gasteiger partial charge in [-0.15, -0.1) is 0 Å². The summed E-state index contributed by atoms with van der Waals surface area (Å²) in [4.78, 5) is 21.7. The van der Waals surface area contributed by atoms with Crippen molar-refractivity contribution in [1.82, 2.24) is 20.2 Å². The zero-order valence-electron chi connectivity index (χ0n) is 17.8. The minimum atomic E-state index is -0.424. The Bertz CT molecular complexity index is 1590. The third kappa shape index (κ3) is 4.08. The first-order valence-corrected chi connectivity index (χ1v) is 11.9. The van der Waals surface area contributed by atoms with E-state index in [0.717, 1.165) is 15.8 Å². The Kier molecular flexibility index (Phi) is 5.68. The van der Waals surface area contributed by atoms with Crippen LogP contribution in [0.4, 0.5) is 9.08 Å². The second-order valence-corrected chi connectivity index (χ2v) is 9.47. The van der Waals surface area contributed by atoms with E-state index in [2.05, 4.69) is 31.6 Å². The summed E-state index contributed by atoms with van der Waals surface area (Å²) in [5.74, 6) is -0.799. The number of aromatic nitrogens is 4. The van der Waals surface area contributed by atoms with Crippen molar-refractivity contribution in [3.05, 3.63) is 89.6 Å². The van der Waals surface area contributed by atoms with E-state index in [1.165, 1.54) is 18.5 Å². The maximum absolute atomic E-state index is 14.3. The van der Waals surface area contributed by atoms with Crippen molar-refractivity contribution in [2.75, 3.05) is 5.32 Å². The van der Waals surface area contributed by atoms with Crippen LogP contribution in [0.15, 0.2) is 67.0 Å². The number of nitrogens with zero attached hydrogens (tertiary/aromatic N) is 5. The molecule has 0 radical (unpaired) electrons. The standard InChI is InChI=1S/C25H15FN6OSe/c1-14-11-19(17-8-9-21(26)22-18(17)3-2-10-28-22)20(13-29-14)23(33)30-25-32-31-24(34-25)16-6-4-15(12-27)5-7-16/h2-11,13H,1H3,(H,30,32,33). The predicted molar refractivity (Wildman–Crippen MR) is 127 cm³/mol. The molecule has 0 bridgehead atoms. The Morgan fingerprint density at radius 2 is 1.88 bits per heavy atom. The number of amides is 1. The first-order chi connectivity index (χ1) is 16.5. The molecule has 0 saturated heterocycles. The van der Waals surface area contributed by atoms with E-state index in [9.17, 15) is 9.18 Å². The van der Waals surface area contributed by atoms with E-state index in [0.29, 0.717) is 32.3 Å². The summed E-state index contributed by atoms with van der Waals surface area (Å²) >= 11 is -0.311. The van der Waals surface area contributed by atoms with Gasteiger partial charge in [0.15, 0.2) is 0 Å². The summed E-state index contributed by atoms with van der Waals surface area (Å²) in [6, 6.07) is 17.5. The maximum atomic E-state index is 14.3. The predicted octanol–water partition coefficient (Wildman–Crippen LogP) is 4.38. The Labute approximate surface area is 199 Å². The molecule has 0 atom stereocenters. The van der Waals surface area contributed by atoms with Gasteiger partial charge in [0.2, 0.25) is 0 Å². The molecule has 2 aromatic carbocycles. The Balaban J connectivity index is 1.49. The van der Waals surface area contributed by atoms with Crippen LogP contribution in [0.3, 0.4) is 0 Å². The first kappa shape index (κ1) is 21.6. The Morgan fingerprint density at radius 1 is 1.06 bits per heavy atom. The molecule has 0 fully saturated rings. The van der Waals surface area contributed by atoms with Crippen LogP contribution in [0.1, 0.15) is 21.6 Å². The number of carbonyl (C=O) groups is 1. The number of rotatable bonds is 4. The average Bonchev–Trinajstić information content (AvgIpc) is 3.33. The molecule has 1 N–H and O–H groups in total. The monoisotopic (exact) mass is 514 g/mol. The van der Waals surface area contributed by atoms with Gasteiger partial charge < -0.3 is 0 Å². The molecule has 3 aromatic heterocycles. The number of nitrogens with one attached hydrogen (secondary N) is 1. The molecule has 9 heteroatoms. The molecule has 0 aliphatic carbocycles. The van der Waals surface area contributed by atoms with E-state index in [4.69, 9.17) is 5.26 Å². The van der Waals surface area contributed by atoms with E-state index in [1.54, 1.807) is 36.4 Å². The van der Waals surface area contributed by atoms with Crippen molar-refractivity contribution in [2.45, 2.75) is 6.92 Å². The Morgan fingerprint density at radius 3 is 2.68 bits per heavy atom. The van der Waals surface area contributed by atoms with Gasteiger partial charge in [0.25, 0.3) is 0 Å². The van der Waals surface area contributed by atoms with Crippen LogP contribution in [-0.4, -0.2) is 40.6 Å². The SMILES string of the molecule is Cc1cc(-c2ccc(F)c3ncccc23)c(C(=O)Nc2nnc(-c3ccc(C#N)cc3)[se]2)cn1. The third-order valence-electron chi connectivity index (χ3n) is 5.20. The van der Waals surface area contributed by atoms with Crippen LogP contribution in [0.5, 0.6) is 0 Å². The van der Waals surface area contributed by atoms with Crippen LogP contribution in [0.25, 0.3) is 32.2 Å². The van der Waals surface area contributed by atoms with E-state index in [1.807, 2.05) is 19.1 Å². The van der Waals surface area contributed by atoms with Crippen LogP contribution >= 0.6 is 0 Å². The summed E-state index contributed by atoms with van der Waals surface area (Å²) in [6.45, 7) is 1.83. The quantitative estimate of drug-likeness (QED) is 0.358. The zero-order chi connectivity index (χ0) is 23.7. The van der Waals surface area contributed by atoms with Gasteiger partial charge in [-0.05, 0) is 0 Å². The molecule has 164 valence electrons. The van der Waals surface area contributed by atoms with Gasteiger partial charge in [-0.2, -0.15) is 0 Å². The van der Waals surface area contributed by atoms with Crippen molar-refractivity contribution in [3.63, 3.8) is 0 Å². The number of halogens is 1. The molecule has 5 rings (SSSR count). The summed E-state index contributed by atoms with van der Waals surface area (Å²) in [5.41, 5.74) is 4.04. The van der Waals surface area contributed by atoms with Crippen LogP contribution in [-0.2, 0) is 0 Å². The zero-order valence-corrected chi connectivity index (χ0v) is 19.5. The van der Waals surface area contributed by atoms with Crippen LogP contribution in [0.2, 0.25) is 0 Å². The number of hydrogen-bond acceptors (Lipinski definition) is 6. The van der Waals surface area contributed by atoms with Crippen molar-refractivity contribution in [1.29, 1.82) is 5.26 Å². The van der Waals surface area contributed by atoms with Gasteiger partial charge in [0.05, 0.1) is 0 Å². The first-order valence-electron chi connectivity index (χ1n) is 10.2. The summed E-state index contributed by atoms with van der Waals surface area (Å²) in [7, 11) is 0. The fraction of sp³-hybridized carbons (Fsp3) is 0.0400. The number of fused-ring (bicyclic) bond motifs is 1. The second kappa shape index (κ2) is 8.94. The van der Waals surface area contributed by atoms with E-state index < -0.39 is 5.82 Å². The van der Waals surface area contributed by atoms with E-state index in [-0.39, 0.29) is 25.9 Å². The fourth-order valence-corrected chi connectivity index (χ4v) is 5.14. The molecule has 1 amide bonds. The minimum absolute atomic E-state index is 0.241. The third-order valence-corrected chi connectivity index (χ3v) is 7.06. The molecule has 0 saturated carbocycles. The summed E-state index contributed by atoms with van der Waals surface area (Å²) in [6.07, 6.45) is 3.04. The number of benzene rings is 2. The van der Waals surface area contributed by atoms with Gasteiger partial charge in [-0.25, -0.2) is 0 Å². The molecular weight excluding hydrogens is 498 g/mol. The number of carbonyl (C=O) groups excluding carboxylic acids is 1. The van der Waals surface area contributed by atoms with Gasteiger partial charge in [-0.3, -0.25) is 0 Å². The van der Waals surface area contributed by atoms with Gasteiger partial charge >= 0.3 is 200 Å². The van der Waals surface area contributed by atoms with Gasteiger partial charge in [-0.1, -0.05) is 0 Å².